The van der Waals surface area contributed by atoms with E-state index >= 15 is 0 Å². The van der Waals surface area contributed by atoms with Gasteiger partial charge in [0, 0.05) is 5.56 Å². The summed E-state index contributed by atoms with van der Waals surface area (Å²) in [5.74, 6) is -0.607. The number of carbonyl (C=O) groups excluding carboxylic acids is 2. The number of nitrogens with zero attached hydrogens (tertiary/aromatic N) is 1. The molecule has 0 bridgehead atoms. The third-order valence-corrected chi connectivity index (χ3v) is 6.95. The maximum atomic E-state index is 13.7. The standard InChI is InChI=1S/C30H30F3NO5/c1-5-38-28(35)18(2)21-11-14-26(37-4)25(16-21)24-13-12-23(30(31,32)33)15-22(24)17-34-19(3)27(39-29(34)36)20-9-7-6-8-10-20/h6-16,18-19,27H,5,17H2,1-4H3/t18?,19-,27?/m1/s1. The molecule has 9 heteroatoms. The van der Waals surface area contributed by atoms with E-state index in [0.29, 0.717) is 22.4 Å². The minimum absolute atomic E-state index is 0.122. The van der Waals surface area contributed by atoms with Gasteiger partial charge in [-0.3, -0.25) is 9.69 Å². The van der Waals surface area contributed by atoms with Gasteiger partial charge in [0.1, 0.15) is 11.9 Å². The van der Waals surface area contributed by atoms with Gasteiger partial charge in [0.15, 0.2) is 0 Å². The van der Waals surface area contributed by atoms with E-state index in [1.54, 1.807) is 39.0 Å². The van der Waals surface area contributed by atoms with E-state index in [1.165, 1.54) is 18.1 Å². The highest BCUT2D eigenvalue weighted by atomic mass is 19.4. The lowest BCUT2D eigenvalue weighted by Gasteiger charge is -2.24. The molecule has 1 amide bonds. The maximum Gasteiger partial charge on any atom is 0.416 e. The van der Waals surface area contributed by atoms with Crippen molar-refractivity contribution in [1.29, 1.82) is 0 Å². The van der Waals surface area contributed by atoms with E-state index < -0.39 is 41.9 Å². The molecule has 6 nitrogen and oxygen atoms in total. The van der Waals surface area contributed by atoms with Crippen LogP contribution in [0.15, 0.2) is 66.7 Å². The molecule has 0 aliphatic carbocycles. The molecule has 1 aliphatic rings. The second-order valence-electron chi connectivity index (χ2n) is 9.39. The number of rotatable bonds is 8. The van der Waals surface area contributed by atoms with Gasteiger partial charge in [-0.25, -0.2) is 4.79 Å². The Bertz CT molecular complexity index is 1340. The van der Waals surface area contributed by atoms with Crippen molar-refractivity contribution in [3.05, 3.63) is 89.0 Å². The number of esters is 1. The van der Waals surface area contributed by atoms with E-state index in [0.717, 1.165) is 17.7 Å². The molecule has 1 fully saturated rings. The minimum atomic E-state index is -4.58. The predicted molar refractivity (Wildman–Crippen MR) is 139 cm³/mol. The zero-order valence-electron chi connectivity index (χ0n) is 22.1. The summed E-state index contributed by atoms with van der Waals surface area (Å²) in [6.07, 6.45) is -5.76. The Kier molecular flexibility index (Phi) is 8.18. The van der Waals surface area contributed by atoms with Gasteiger partial charge in [-0.15, -0.1) is 0 Å². The fraction of sp³-hybridized carbons (Fsp3) is 0.333. The molecule has 0 N–H and O–H groups in total. The van der Waals surface area contributed by atoms with Crippen molar-refractivity contribution in [2.45, 2.75) is 51.6 Å². The molecule has 1 aliphatic heterocycles. The first-order valence-corrected chi connectivity index (χ1v) is 12.6. The molecule has 3 aromatic rings. The number of alkyl halides is 3. The minimum Gasteiger partial charge on any atom is -0.496 e. The van der Waals surface area contributed by atoms with Crippen LogP contribution in [0, 0.1) is 0 Å². The largest absolute Gasteiger partial charge is 0.496 e. The Morgan fingerprint density at radius 3 is 2.41 bits per heavy atom. The number of ether oxygens (including phenoxy) is 3. The van der Waals surface area contributed by atoms with Crippen molar-refractivity contribution in [3.8, 4) is 16.9 Å². The molecule has 0 radical (unpaired) electrons. The van der Waals surface area contributed by atoms with Crippen molar-refractivity contribution >= 4 is 12.1 Å². The molecular formula is C30H30F3NO5. The third-order valence-electron chi connectivity index (χ3n) is 6.95. The number of carbonyl (C=O) groups is 2. The van der Waals surface area contributed by atoms with Crippen LogP contribution >= 0.6 is 0 Å². The Morgan fingerprint density at radius 2 is 1.77 bits per heavy atom. The van der Waals surface area contributed by atoms with Crippen LogP contribution in [0.3, 0.4) is 0 Å². The van der Waals surface area contributed by atoms with Crippen LogP contribution in [-0.2, 0) is 27.0 Å². The average molecular weight is 542 g/mol. The number of amides is 1. The lowest BCUT2D eigenvalue weighted by molar-refractivity contribution is -0.144. The molecule has 0 saturated carbocycles. The third kappa shape index (κ3) is 5.87. The number of cyclic esters (lactones) is 1. The van der Waals surface area contributed by atoms with Gasteiger partial charge >= 0.3 is 18.2 Å². The Labute approximate surface area is 225 Å². The summed E-state index contributed by atoms with van der Waals surface area (Å²) in [5.41, 5.74) is 1.79. The molecule has 3 atom stereocenters. The molecule has 2 unspecified atom stereocenters. The van der Waals surface area contributed by atoms with Crippen molar-refractivity contribution in [3.63, 3.8) is 0 Å². The molecule has 0 spiro atoms. The molecular weight excluding hydrogens is 511 g/mol. The summed E-state index contributed by atoms with van der Waals surface area (Å²) in [4.78, 5) is 26.7. The van der Waals surface area contributed by atoms with Gasteiger partial charge in [-0.1, -0.05) is 42.5 Å². The molecule has 4 rings (SSSR count). The van der Waals surface area contributed by atoms with Gasteiger partial charge in [0.05, 0.1) is 37.8 Å². The normalized spacial score (nSPS) is 18.0. The van der Waals surface area contributed by atoms with E-state index in [-0.39, 0.29) is 18.7 Å². The highest BCUT2D eigenvalue weighted by molar-refractivity contribution is 5.81. The zero-order chi connectivity index (χ0) is 28.3. The van der Waals surface area contributed by atoms with Crippen LogP contribution in [0.1, 0.15) is 55.0 Å². The second kappa shape index (κ2) is 11.4. The van der Waals surface area contributed by atoms with Crippen LogP contribution < -0.4 is 4.74 Å². The Balaban J connectivity index is 1.78. The lowest BCUT2D eigenvalue weighted by Crippen LogP contribution is -2.31. The summed E-state index contributed by atoms with van der Waals surface area (Å²) in [5, 5.41) is 0. The molecule has 1 saturated heterocycles. The van der Waals surface area contributed by atoms with Crippen LogP contribution in [0.2, 0.25) is 0 Å². The molecule has 39 heavy (non-hydrogen) atoms. The first-order valence-electron chi connectivity index (χ1n) is 12.6. The molecule has 3 aromatic carbocycles. The van der Waals surface area contributed by atoms with Crippen molar-refractivity contribution in [1.82, 2.24) is 4.90 Å². The van der Waals surface area contributed by atoms with Gasteiger partial charge < -0.3 is 14.2 Å². The van der Waals surface area contributed by atoms with Crippen LogP contribution in [0.5, 0.6) is 5.75 Å². The summed E-state index contributed by atoms with van der Waals surface area (Å²) < 4.78 is 57.5. The van der Waals surface area contributed by atoms with Crippen molar-refractivity contribution in [2.75, 3.05) is 13.7 Å². The SMILES string of the molecule is CCOC(=O)C(C)c1ccc(OC)c(-c2ccc(C(F)(F)F)cc2CN2C(=O)OC(c3ccccc3)[C@H]2C)c1. The second-order valence-corrected chi connectivity index (χ2v) is 9.39. The highest BCUT2D eigenvalue weighted by Gasteiger charge is 2.40. The maximum absolute atomic E-state index is 13.7. The van der Waals surface area contributed by atoms with E-state index in [1.807, 2.05) is 30.3 Å². The Morgan fingerprint density at radius 1 is 1.05 bits per heavy atom. The van der Waals surface area contributed by atoms with Crippen molar-refractivity contribution < 1.29 is 37.0 Å². The topological polar surface area (TPSA) is 65.1 Å². The van der Waals surface area contributed by atoms with Gasteiger partial charge in [0.25, 0.3) is 0 Å². The van der Waals surface area contributed by atoms with Gasteiger partial charge in [0.2, 0.25) is 0 Å². The smallest absolute Gasteiger partial charge is 0.416 e. The fourth-order valence-corrected chi connectivity index (χ4v) is 4.76. The lowest BCUT2D eigenvalue weighted by atomic mass is 9.91. The van der Waals surface area contributed by atoms with Crippen LogP contribution in [0.25, 0.3) is 11.1 Å². The van der Waals surface area contributed by atoms with Gasteiger partial charge in [-0.2, -0.15) is 13.2 Å². The zero-order valence-corrected chi connectivity index (χ0v) is 22.1. The average Bonchev–Trinajstić information content (AvgIpc) is 3.20. The summed E-state index contributed by atoms with van der Waals surface area (Å²) in [6, 6.07) is 17.3. The number of methoxy groups -OCH3 is 1. The number of benzene rings is 3. The van der Waals surface area contributed by atoms with Crippen LogP contribution in [-0.4, -0.2) is 36.7 Å². The quantitative estimate of drug-likeness (QED) is 0.284. The molecule has 1 heterocycles. The van der Waals surface area contributed by atoms with E-state index in [9.17, 15) is 22.8 Å². The number of hydrogen-bond donors (Lipinski definition) is 0. The summed E-state index contributed by atoms with van der Waals surface area (Å²) >= 11 is 0. The molecule has 0 aromatic heterocycles. The van der Waals surface area contributed by atoms with E-state index in [2.05, 4.69) is 0 Å². The van der Waals surface area contributed by atoms with Gasteiger partial charge in [-0.05, 0) is 67.3 Å². The summed E-state index contributed by atoms with van der Waals surface area (Å²) in [6.45, 7) is 5.32. The first-order chi connectivity index (χ1) is 18.5. The van der Waals surface area contributed by atoms with Crippen LogP contribution in [0.4, 0.5) is 18.0 Å². The number of halogens is 3. The highest BCUT2D eigenvalue weighted by Crippen LogP contribution is 2.40. The first kappa shape index (κ1) is 28.0. The molecule has 206 valence electrons. The predicted octanol–water partition coefficient (Wildman–Crippen LogP) is 7.13. The summed E-state index contributed by atoms with van der Waals surface area (Å²) in [7, 11) is 1.46. The van der Waals surface area contributed by atoms with E-state index in [4.69, 9.17) is 14.2 Å². The monoisotopic (exact) mass is 541 g/mol. The van der Waals surface area contributed by atoms with Crippen molar-refractivity contribution in [2.24, 2.45) is 0 Å². The Hall–Kier alpha value is -4.01. The fourth-order valence-electron chi connectivity index (χ4n) is 4.76. The number of hydrogen-bond acceptors (Lipinski definition) is 5.